The highest BCUT2D eigenvalue weighted by molar-refractivity contribution is 5.43. The van der Waals surface area contributed by atoms with Crippen molar-refractivity contribution in [3.8, 4) is 5.88 Å². The van der Waals surface area contributed by atoms with Gasteiger partial charge in [-0.2, -0.15) is 0 Å². The number of anilines is 1. The van der Waals surface area contributed by atoms with Crippen molar-refractivity contribution in [3.05, 3.63) is 18.3 Å². The molecule has 1 aromatic rings. The molecule has 1 heterocycles. The number of pyridine rings is 1. The molecule has 1 N–H and O–H groups in total. The molecule has 0 aliphatic heterocycles. The van der Waals surface area contributed by atoms with E-state index in [-0.39, 0.29) is 0 Å². The molecular formula is C13H20N2O. The van der Waals surface area contributed by atoms with E-state index in [1.54, 1.807) is 7.11 Å². The summed E-state index contributed by atoms with van der Waals surface area (Å²) in [6.07, 6.45) is 5.62. The van der Waals surface area contributed by atoms with Crippen LogP contribution in [-0.2, 0) is 0 Å². The summed E-state index contributed by atoms with van der Waals surface area (Å²) < 4.78 is 5.03. The molecule has 1 fully saturated rings. The predicted octanol–water partition coefficient (Wildman–Crippen LogP) is 3.08. The third-order valence-corrected chi connectivity index (χ3v) is 3.28. The second kappa shape index (κ2) is 4.32. The molecule has 1 aliphatic carbocycles. The summed E-state index contributed by atoms with van der Waals surface area (Å²) in [5, 5.41) is 3.53. The molecule has 3 nitrogen and oxygen atoms in total. The van der Waals surface area contributed by atoms with Gasteiger partial charge in [-0.3, -0.25) is 0 Å². The smallest absolute Gasteiger partial charge is 0.213 e. The van der Waals surface area contributed by atoms with Crippen molar-refractivity contribution in [2.75, 3.05) is 12.4 Å². The van der Waals surface area contributed by atoms with Crippen molar-refractivity contribution in [2.45, 2.75) is 39.2 Å². The van der Waals surface area contributed by atoms with Crippen molar-refractivity contribution in [3.63, 3.8) is 0 Å². The highest BCUT2D eigenvalue weighted by Gasteiger charge is 2.30. The zero-order chi connectivity index (χ0) is 11.6. The number of nitrogens with zero attached hydrogens (tertiary/aromatic N) is 1. The Hall–Kier alpha value is -1.25. The minimum atomic E-state index is 0.484. The van der Waals surface area contributed by atoms with Crippen LogP contribution in [0, 0.1) is 5.41 Å². The number of aromatic nitrogens is 1. The normalized spacial score (nSPS) is 23.1. The Labute approximate surface area is 97.2 Å². The van der Waals surface area contributed by atoms with Gasteiger partial charge in [-0.05, 0) is 30.7 Å². The van der Waals surface area contributed by atoms with Crippen LogP contribution in [0.2, 0.25) is 0 Å². The molecule has 16 heavy (non-hydrogen) atoms. The van der Waals surface area contributed by atoms with E-state index < -0.39 is 0 Å². The first-order chi connectivity index (χ1) is 7.59. The van der Waals surface area contributed by atoms with Gasteiger partial charge < -0.3 is 10.1 Å². The molecule has 3 heteroatoms. The maximum absolute atomic E-state index is 5.03. The first-order valence-electron chi connectivity index (χ1n) is 5.86. The van der Waals surface area contributed by atoms with Gasteiger partial charge in [0.1, 0.15) is 0 Å². The SMILES string of the molecule is COc1ccc(NC2CCC(C)(C)C2)cn1. The van der Waals surface area contributed by atoms with Crippen LogP contribution in [0.3, 0.4) is 0 Å². The van der Waals surface area contributed by atoms with Crippen LogP contribution in [0.4, 0.5) is 5.69 Å². The molecule has 1 aromatic heterocycles. The summed E-state index contributed by atoms with van der Waals surface area (Å²) in [5.41, 5.74) is 1.57. The Balaban J connectivity index is 1.94. The molecule has 1 unspecified atom stereocenters. The molecule has 0 bridgehead atoms. The van der Waals surface area contributed by atoms with Gasteiger partial charge in [-0.25, -0.2) is 4.98 Å². The van der Waals surface area contributed by atoms with E-state index in [9.17, 15) is 0 Å². The fourth-order valence-corrected chi connectivity index (χ4v) is 2.38. The lowest BCUT2D eigenvalue weighted by atomic mass is 9.92. The van der Waals surface area contributed by atoms with E-state index in [2.05, 4.69) is 24.1 Å². The Morgan fingerprint density at radius 2 is 2.25 bits per heavy atom. The summed E-state index contributed by atoms with van der Waals surface area (Å²) in [6, 6.07) is 4.50. The predicted molar refractivity (Wildman–Crippen MR) is 65.8 cm³/mol. The van der Waals surface area contributed by atoms with Crippen LogP contribution in [0.15, 0.2) is 18.3 Å². The van der Waals surface area contributed by atoms with Crippen LogP contribution >= 0.6 is 0 Å². The fourth-order valence-electron chi connectivity index (χ4n) is 2.38. The zero-order valence-corrected chi connectivity index (χ0v) is 10.3. The number of rotatable bonds is 3. The number of nitrogens with one attached hydrogen (secondary N) is 1. The van der Waals surface area contributed by atoms with Crippen molar-refractivity contribution in [1.29, 1.82) is 0 Å². The van der Waals surface area contributed by atoms with Crippen molar-refractivity contribution >= 4 is 5.69 Å². The third-order valence-electron chi connectivity index (χ3n) is 3.28. The molecule has 1 aliphatic rings. The second-order valence-electron chi connectivity index (χ2n) is 5.34. The van der Waals surface area contributed by atoms with Crippen molar-refractivity contribution in [2.24, 2.45) is 5.41 Å². The lowest BCUT2D eigenvalue weighted by molar-refractivity contribution is 0.378. The monoisotopic (exact) mass is 220 g/mol. The molecular weight excluding hydrogens is 200 g/mol. The fraction of sp³-hybridized carbons (Fsp3) is 0.615. The van der Waals surface area contributed by atoms with Crippen LogP contribution in [0.5, 0.6) is 5.88 Å². The summed E-state index contributed by atoms with van der Waals surface area (Å²) in [4.78, 5) is 4.19. The van der Waals surface area contributed by atoms with Crippen molar-refractivity contribution in [1.82, 2.24) is 4.98 Å². The van der Waals surface area contributed by atoms with E-state index in [0.717, 1.165) is 5.69 Å². The topological polar surface area (TPSA) is 34.1 Å². The van der Waals surface area contributed by atoms with Gasteiger partial charge in [0, 0.05) is 12.1 Å². The van der Waals surface area contributed by atoms with Gasteiger partial charge in [0.05, 0.1) is 19.0 Å². The van der Waals surface area contributed by atoms with Gasteiger partial charge in [-0.15, -0.1) is 0 Å². The highest BCUT2D eigenvalue weighted by Crippen LogP contribution is 2.38. The Kier molecular flexibility index (Phi) is 3.03. The number of methoxy groups -OCH3 is 1. The lowest BCUT2D eigenvalue weighted by Gasteiger charge is -2.18. The number of ether oxygens (including phenoxy) is 1. The Morgan fingerprint density at radius 3 is 2.75 bits per heavy atom. The second-order valence-corrected chi connectivity index (χ2v) is 5.34. The maximum atomic E-state index is 5.03. The van der Waals surface area contributed by atoms with E-state index in [0.29, 0.717) is 17.3 Å². The molecule has 88 valence electrons. The minimum Gasteiger partial charge on any atom is -0.481 e. The van der Waals surface area contributed by atoms with E-state index in [4.69, 9.17) is 4.74 Å². The first-order valence-corrected chi connectivity index (χ1v) is 5.86. The van der Waals surface area contributed by atoms with Gasteiger partial charge in [-0.1, -0.05) is 13.8 Å². The molecule has 0 radical (unpaired) electrons. The van der Waals surface area contributed by atoms with Crippen LogP contribution in [0.25, 0.3) is 0 Å². The van der Waals surface area contributed by atoms with E-state index in [1.807, 2.05) is 18.3 Å². The summed E-state index contributed by atoms with van der Waals surface area (Å²) in [7, 11) is 1.63. The first kappa shape index (κ1) is 11.2. The molecule has 0 aromatic carbocycles. The Bertz CT molecular complexity index is 345. The largest absolute Gasteiger partial charge is 0.481 e. The van der Waals surface area contributed by atoms with Crippen molar-refractivity contribution < 1.29 is 4.74 Å². The summed E-state index contributed by atoms with van der Waals surface area (Å²) in [5.74, 6) is 0.664. The van der Waals surface area contributed by atoms with Gasteiger partial charge in [0.15, 0.2) is 0 Å². The van der Waals surface area contributed by atoms with Crippen LogP contribution in [0.1, 0.15) is 33.1 Å². The molecule has 1 saturated carbocycles. The molecule has 2 rings (SSSR count). The van der Waals surface area contributed by atoms with Gasteiger partial charge in [0.25, 0.3) is 0 Å². The summed E-state index contributed by atoms with van der Waals surface area (Å²) >= 11 is 0. The van der Waals surface area contributed by atoms with Crippen LogP contribution < -0.4 is 10.1 Å². The number of hydrogen-bond donors (Lipinski definition) is 1. The lowest BCUT2D eigenvalue weighted by Crippen LogP contribution is -2.17. The van der Waals surface area contributed by atoms with Gasteiger partial charge >= 0.3 is 0 Å². The van der Waals surface area contributed by atoms with Gasteiger partial charge in [0.2, 0.25) is 5.88 Å². The average molecular weight is 220 g/mol. The Morgan fingerprint density at radius 1 is 1.44 bits per heavy atom. The molecule has 0 spiro atoms. The quantitative estimate of drug-likeness (QED) is 0.850. The minimum absolute atomic E-state index is 0.484. The molecule has 0 saturated heterocycles. The average Bonchev–Trinajstić information content (AvgIpc) is 2.59. The molecule has 1 atom stereocenters. The van der Waals surface area contributed by atoms with Crippen LogP contribution in [-0.4, -0.2) is 18.1 Å². The third kappa shape index (κ3) is 2.65. The number of hydrogen-bond acceptors (Lipinski definition) is 3. The molecule has 0 amide bonds. The van der Waals surface area contributed by atoms with E-state index >= 15 is 0 Å². The maximum Gasteiger partial charge on any atom is 0.213 e. The van der Waals surface area contributed by atoms with E-state index in [1.165, 1.54) is 19.3 Å². The zero-order valence-electron chi connectivity index (χ0n) is 10.3. The summed E-state index contributed by atoms with van der Waals surface area (Å²) in [6.45, 7) is 4.67. The standard InChI is InChI=1S/C13H20N2O/c1-13(2)7-6-10(8-13)15-11-4-5-12(16-3)14-9-11/h4-5,9-10,15H,6-8H2,1-3H3. The highest BCUT2D eigenvalue weighted by atomic mass is 16.5.